The summed E-state index contributed by atoms with van der Waals surface area (Å²) in [6, 6.07) is 0.483. The van der Waals surface area contributed by atoms with Crippen molar-refractivity contribution in [2.75, 3.05) is 47.4 Å². The molecule has 112 valence electrons. The van der Waals surface area contributed by atoms with Crippen molar-refractivity contribution in [3.8, 4) is 0 Å². The van der Waals surface area contributed by atoms with E-state index >= 15 is 0 Å². The van der Waals surface area contributed by atoms with Crippen molar-refractivity contribution >= 4 is 5.97 Å². The van der Waals surface area contributed by atoms with E-state index in [2.05, 4.69) is 36.3 Å². The van der Waals surface area contributed by atoms with Crippen LogP contribution in [0.1, 0.15) is 26.7 Å². The Balaban J connectivity index is 2.54. The van der Waals surface area contributed by atoms with Gasteiger partial charge in [-0.05, 0) is 47.8 Å². The summed E-state index contributed by atoms with van der Waals surface area (Å²) < 4.78 is 5.22. The summed E-state index contributed by atoms with van der Waals surface area (Å²) in [6.07, 6.45) is 2.33. The molecule has 0 radical (unpaired) electrons. The molecular weight excluding hydrogens is 242 g/mol. The molecule has 0 aliphatic heterocycles. The molecule has 0 aromatic heterocycles. The minimum Gasteiger partial charge on any atom is -0.465 e. The third-order valence-corrected chi connectivity index (χ3v) is 3.34. The van der Waals surface area contributed by atoms with Gasteiger partial charge in [0.25, 0.3) is 0 Å². The summed E-state index contributed by atoms with van der Waals surface area (Å²) >= 11 is 0. The highest BCUT2D eigenvalue weighted by molar-refractivity contribution is 5.80. The van der Waals surface area contributed by atoms with E-state index in [0.29, 0.717) is 19.2 Å². The lowest BCUT2D eigenvalue weighted by atomic mass is 10.0. The molecule has 19 heavy (non-hydrogen) atoms. The van der Waals surface area contributed by atoms with Gasteiger partial charge in [-0.3, -0.25) is 10.1 Å². The second kappa shape index (κ2) is 7.22. The normalized spacial score (nSPS) is 18.7. The summed E-state index contributed by atoms with van der Waals surface area (Å²) in [6.45, 7) is 6.84. The highest BCUT2D eigenvalue weighted by atomic mass is 16.5. The predicted molar refractivity (Wildman–Crippen MR) is 77.2 cm³/mol. The van der Waals surface area contributed by atoms with Crippen molar-refractivity contribution in [2.24, 2.45) is 0 Å². The van der Waals surface area contributed by atoms with Gasteiger partial charge in [-0.2, -0.15) is 0 Å². The molecule has 1 unspecified atom stereocenters. The van der Waals surface area contributed by atoms with E-state index in [1.54, 1.807) is 0 Å². The minimum absolute atomic E-state index is 0.140. The number of nitrogens with one attached hydrogen (secondary N) is 1. The van der Waals surface area contributed by atoms with Gasteiger partial charge in [-0.25, -0.2) is 0 Å². The number of ether oxygens (including phenoxy) is 1. The Morgan fingerprint density at radius 1 is 1.32 bits per heavy atom. The zero-order chi connectivity index (χ0) is 14.5. The van der Waals surface area contributed by atoms with Crippen LogP contribution in [-0.4, -0.2) is 74.7 Å². The van der Waals surface area contributed by atoms with Gasteiger partial charge in [0.1, 0.15) is 5.54 Å². The molecule has 1 aliphatic rings. The van der Waals surface area contributed by atoms with Crippen molar-refractivity contribution in [2.45, 2.75) is 38.3 Å². The van der Waals surface area contributed by atoms with Gasteiger partial charge >= 0.3 is 5.97 Å². The minimum atomic E-state index is -0.599. The van der Waals surface area contributed by atoms with E-state index in [9.17, 15) is 4.79 Å². The molecule has 1 rings (SSSR count). The van der Waals surface area contributed by atoms with Crippen LogP contribution < -0.4 is 5.32 Å². The van der Waals surface area contributed by atoms with Gasteiger partial charge in [0, 0.05) is 25.7 Å². The van der Waals surface area contributed by atoms with Gasteiger partial charge in [0.15, 0.2) is 0 Å². The van der Waals surface area contributed by atoms with Gasteiger partial charge in [-0.1, -0.05) is 0 Å². The van der Waals surface area contributed by atoms with E-state index in [1.807, 2.05) is 13.8 Å². The van der Waals surface area contributed by atoms with Crippen LogP contribution >= 0.6 is 0 Å². The quantitative estimate of drug-likeness (QED) is 0.621. The fourth-order valence-corrected chi connectivity index (χ4v) is 2.13. The Morgan fingerprint density at radius 2 is 1.95 bits per heavy atom. The topological polar surface area (TPSA) is 44.8 Å². The van der Waals surface area contributed by atoms with E-state index in [-0.39, 0.29) is 5.97 Å². The van der Waals surface area contributed by atoms with Crippen LogP contribution in [0.3, 0.4) is 0 Å². The molecule has 5 nitrogen and oxygen atoms in total. The van der Waals surface area contributed by atoms with Crippen LogP contribution in [-0.2, 0) is 9.53 Å². The molecule has 1 fully saturated rings. The van der Waals surface area contributed by atoms with Crippen LogP contribution in [0, 0.1) is 0 Å². The summed E-state index contributed by atoms with van der Waals surface area (Å²) in [5.41, 5.74) is -0.599. The Hall–Kier alpha value is -0.650. The molecule has 5 heteroatoms. The van der Waals surface area contributed by atoms with Crippen molar-refractivity contribution < 1.29 is 9.53 Å². The highest BCUT2D eigenvalue weighted by Crippen LogP contribution is 2.23. The molecule has 0 spiro atoms. The van der Waals surface area contributed by atoms with Crippen LogP contribution in [0.2, 0.25) is 0 Å². The lowest BCUT2D eigenvalue weighted by Crippen LogP contribution is -2.58. The summed E-state index contributed by atoms with van der Waals surface area (Å²) in [5, 5.41) is 3.44. The molecule has 1 atom stereocenters. The van der Waals surface area contributed by atoms with Crippen molar-refractivity contribution in [3.05, 3.63) is 0 Å². The summed E-state index contributed by atoms with van der Waals surface area (Å²) in [7, 11) is 6.16. The molecule has 0 amide bonds. The maximum atomic E-state index is 12.2. The zero-order valence-electron chi connectivity index (χ0n) is 13.0. The van der Waals surface area contributed by atoms with Crippen molar-refractivity contribution in [1.82, 2.24) is 15.1 Å². The number of carbonyl (C=O) groups is 1. The van der Waals surface area contributed by atoms with E-state index in [4.69, 9.17) is 4.74 Å². The fraction of sp³-hybridized carbons (Fsp3) is 0.929. The predicted octanol–water partition coefficient (Wildman–Crippen LogP) is 0.554. The Bertz CT molecular complexity index is 292. The second-order valence-corrected chi connectivity index (χ2v) is 6.01. The molecule has 0 aromatic carbocycles. The van der Waals surface area contributed by atoms with E-state index in [1.165, 1.54) is 0 Å². The van der Waals surface area contributed by atoms with Gasteiger partial charge in [0.2, 0.25) is 0 Å². The Labute approximate surface area is 117 Å². The van der Waals surface area contributed by atoms with Crippen LogP contribution in [0.15, 0.2) is 0 Å². The first-order valence-electron chi connectivity index (χ1n) is 7.15. The maximum Gasteiger partial charge on any atom is 0.327 e. The first-order valence-corrected chi connectivity index (χ1v) is 7.15. The van der Waals surface area contributed by atoms with Crippen LogP contribution in [0.4, 0.5) is 0 Å². The molecule has 0 heterocycles. The Kier molecular flexibility index (Phi) is 6.23. The SMILES string of the molecule is CCOC(=O)C(C)(CN(C)CCN(C)C)NC1CC1. The van der Waals surface area contributed by atoms with Crippen LogP contribution in [0.25, 0.3) is 0 Å². The number of hydrogen-bond acceptors (Lipinski definition) is 5. The standard InChI is InChI=1S/C14H29N3O2/c1-6-19-13(18)14(2,15-12-7-8-12)11-17(5)10-9-16(3)4/h12,15H,6-11H2,1-5H3. The molecule has 1 N–H and O–H groups in total. The number of rotatable bonds is 9. The number of esters is 1. The molecule has 0 aromatic rings. The maximum absolute atomic E-state index is 12.2. The van der Waals surface area contributed by atoms with Gasteiger partial charge in [-0.15, -0.1) is 0 Å². The molecule has 1 aliphatic carbocycles. The lowest BCUT2D eigenvalue weighted by molar-refractivity contribution is -0.151. The molecule has 0 bridgehead atoms. The summed E-state index contributed by atoms with van der Waals surface area (Å²) in [5.74, 6) is -0.140. The third kappa shape index (κ3) is 5.89. The second-order valence-electron chi connectivity index (χ2n) is 6.01. The average molecular weight is 271 g/mol. The third-order valence-electron chi connectivity index (χ3n) is 3.34. The molecule has 1 saturated carbocycles. The smallest absolute Gasteiger partial charge is 0.327 e. The number of nitrogens with zero attached hydrogens (tertiary/aromatic N) is 2. The van der Waals surface area contributed by atoms with E-state index in [0.717, 1.165) is 25.9 Å². The fourth-order valence-electron chi connectivity index (χ4n) is 2.13. The van der Waals surface area contributed by atoms with Crippen LogP contribution in [0.5, 0.6) is 0 Å². The number of carbonyl (C=O) groups excluding carboxylic acids is 1. The molecular formula is C14H29N3O2. The first kappa shape index (κ1) is 16.4. The average Bonchev–Trinajstić information content (AvgIpc) is 3.10. The zero-order valence-corrected chi connectivity index (χ0v) is 13.0. The van der Waals surface area contributed by atoms with Gasteiger partial charge in [0.05, 0.1) is 6.61 Å². The number of hydrogen-bond donors (Lipinski definition) is 1. The van der Waals surface area contributed by atoms with Crippen molar-refractivity contribution in [3.63, 3.8) is 0 Å². The van der Waals surface area contributed by atoms with Gasteiger partial charge < -0.3 is 14.5 Å². The lowest BCUT2D eigenvalue weighted by Gasteiger charge is -2.33. The van der Waals surface area contributed by atoms with E-state index < -0.39 is 5.54 Å². The number of likely N-dealkylation sites (N-methyl/N-ethyl adjacent to an activating group) is 2. The largest absolute Gasteiger partial charge is 0.465 e. The first-order chi connectivity index (χ1) is 8.87. The highest BCUT2D eigenvalue weighted by Gasteiger charge is 2.40. The summed E-state index contributed by atoms with van der Waals surface area (Å²) in [4.78, 5) is 16.5. The molecule has 0 saturated heterocycles. The van der Waals surface area contributed by atoms with Crippen molar-refractivity contribution in [1.29, 1.82) is 0 Å². The monoisotopic (exact) mass is 271 g/mol. The Morgan fingerprint density at radius 3 is 2.42 bits per heavy atom.